The number of aryl methyl sites for hydroxylation is 3. The van der Waals surface area contributed by atoms with Crippen molar-refractivity contribution < 1.29 is 14.7 Å². The fraction of sp³-hybridized carbons (Fsp3) is 0.160. The predicted molar refractivity (Wildman–Crippen MR) is 116 cm³/mol. The van der Waals surface area contributed by atoms with E-state index in [2.05, 4.69) is 4.98 Å². The van der Waals surface area contributed by atoms with Gasteiger partial charge in [0.05, 0.1) is 11.6 Å². The molecule has 2 heterocycles. The molecule has 0 saturated carbocycles. The first-order chi connectivity index (χ1) is 14.4. The number of hydrogen-bond acceptors (Lipinski definition) is 4. The summed E-state index contributed by atoms with van der Waals surface area (Å²) < 4.78 is 0. The van der Waals surface area contributed by atoms with Crippen molar-refractivity contribution in [2.24, 2.45) is 0 Å². The number of rotatable bonds is 3. The van der Waals surface area contributed by atoms with Crippen LogP contribution < -0.4 is 4.90 Å². The van der Waals surface area contributed by atoms with E-state index in [-0.39, 0.29) is 11.3 Å². The number of amides is 1. The smallest absolute Gasteiger partial charge is 0.300 e. The van der Waals surface area contributed by atoms with E-state index in [4.69, 9.17) is 0 Å². The van der Waals surface area contributed by atoms with Crippen LogP contribution in [0.4, 0.5) is 5.69 Å². The number of aliphatic hydroxyl groups excluding tert-OH is 1. The Hall–Kier alpha value is -3.73. The van der Waals surface area contributed by atoms with Crippen molar-refractivity contribution in [1.82, 2.24) is 4.98 Å². The van der Waals surface area contributed by atoms with Crippen molar-refractivity contribution in [3.8, 4) is 0 Å². The quantitative estimate of drug-likeness (QED) is 0.397. The van der Waals surface area contributed by atoms with Gasteiger partial charge in [0, 0.05) is 23.6 Å². The molecule has 0 radical (unpaired) electrons. The van der Waals surface area contributed by atoms with E-state index in [1.54, 1.807) is 42.7 Å². The monoisotopic (exact) mass is 398 g/mol. The number of carbonyl (C=O) groups excluding carboxylic acids is 2. The highest BCUT2D eigenvalue weighted by Crippen LogP contribution is 2.42. The second kappa shape index (κ2) is 7.59. The molecule has 1 aliphatic rings. The summed E-state index contributed by atoms with van der Waals surface area (Å²) in [6, 6.07) is 15.7. The fourth-order valence-corrected chi connectivity index (χ4v) is 3.70. The van der Waals surface area contributed by atoms with Crippen LogP contribution in [0.1, 0.15) is 33.9 Å². The average molecular weight is 398 g/mol. The number of ketones is 1. The zero-order valence-electron chi connectivity index (χ0n) is 17.1. The molecular weight excluding hydrogens is 376 g/mol. The summed E-state index contributed by atoms with van der Waals surface area (Å²) in [6.45, 7) is 5.87. The Bertz CT molecular complexity index is 1160. The van der Waals surface area contributed by atoms with Gasteiger partial charge >= 0.3 is 0 Å². The third-order valence-corrected chi connectivity index (χ3v) is 5.54. The molecule has 1 fully saturated rings. The van der Waals surface area contributed by atoms with Gasteiger partial charge in [-0.3, -0.25) is 19.5 Å². The van der Waals surface area contributed by atoms with Crippen molar-refractivity contribution in [2.75, 3.05) is 4.90 Å². The molecule has 0 spiro atoms. The van der Waals surface area contributed by atoms with Crippen molar-refractivity contribution in [2.45, 2.75) is 26.8 Å². The van der Waals surface area contributed by atoms with Crippen molar-refractivity contribution in [3.05, 3.63) is 100 Å². The van der Waals surface area contributed by atoms with Gasteiger partial charge in [-0.15, -0.1) is 0 Å². The first kappa shape index (κ1) is 19.6. The molecule has 0 aliphatic carbocycles. The standard InChI is InChI=1S/C25H22N2O3/c1-15-6-10-20(11-7-15)27-22(19-5-4-12-26-14-19)21(24(29)25(27)30)23(28)18-9-8-16(2)17(3)13-18/h4-14,22,28H,1-3H3/b23-21-. The number of hydrogen-bond donors (Lipinski definition) is 1. The summed E-state index contributed by atoms with van der Waals surface area (Å²) >= 11 is 0. The lowest BCUT2D eigenvalue weighted by atomic mass is 9.95. The first-order valence-electron chi connectivity index (χ1n) is 9.73. The number of carbonyl (C=O) groups is 2. The van der Waals surface area contributed by atoms with Crippen molar-refractivity contribution in [3.63, 3.8) is 0 Å². The van der Waals surface area contributed by atoms with Gasteiger partial charge in [-0.2, -0.15) is 0 Å². The Morgan fingerprint density at radius 1 is 0.967 bits per heavy atom. The molecule has 1 aromatic heterocycles. The molecule has 2 aromatic carbocycles. The maximum absolute atomic E-state index is 13.1. The van der Waals surface area contributed by atoms with Gasteiger partial charge in [-0.1, -0.05) is 35.9 Å². The minimum absolute atomic E-state index is 0.0665. The Kier molecular flexibility index (Phi) is 4.96. The third-order valence-electron chi connectivity index (χ3n) is 5.54. The fourth-order valence-electron chi connectivity index (χ4n) is 3.70. The number of nitrogens with zero attached hydrogens (tertiary/aromatic N) is 2. The molecule has 1 aliphatic heterocycles. The molecule has 3 aromatic rings. The second-order valence-corrected chi connectivity index (χ2v) is 7.59. The van der Waals surface area contributed by atoms with E-state index in [1.165, 1.54) is 4.90 Å². The normalized spacial score (nSPS) is 18.1. The first-order valence-corrected chi connectivity index (χ1v) is 9.73. The molecule has 150 valence electrons. The Balaban J connectivity index is 1.94. The van der Waals surface area contributed by atoms with Crippen LogP contribution in [-0.4, -0.2) is 21.8 Å². The van der Waals surface area contributed by atoms with Gasteiger partial charge in [0.15, 0.2) is 0 Å². The zero-order chi connectivity index (χ0) is 21.4. The number of aliphatic hydroxyl groups is 1. The van der Waals surface area contributed by atoms with Crippen molar-refractivity contribution in [1.29, 1.82) is 0 Å². The molecule has 5 nitrogen and oxygen atoms in total. The van der Waals surface area contributed by atoms with E-state index in [0.717, 1.165) is 16.7 Å². The lowest BCUT2D eigenvalue weighted by molar-refractivity contribution is -0.132. The molecule has 0 bridgehead atoms. The van der Waals surface area contributed by atoms with Crippen LogP contribution in [-0.2, 0) is 9.59 Å². The average Bonchev–Trinajstić information content (AvgIpc) is 3.02. The minimum Gasteiger partial charge on any atom is -0.507 e. The SMILES string of the molecule is Cc1ccc(N2C(=O)C(=O)/C(=C(\O)c3ccc(C)c(C)c3)C2c2cccnc2)cc1. The highest BCUT2D eigenvalue weighted by Gasteiger charge is 2.47. The van der Waals surface area contributed by atoms with E-state index in [1.807, 2.05) is 45.0 Å². The molecule has 1 unspecified atom stereocenters. The largest absolute Gasteiger partial charge is 0.507 e. The molecule has 5 heteroatoms. The van der Waals surface area contributed by atoms with Crippen molar-refractivity contribution >= 4 is 23.1 Å². The number of benzene rings is 2. The Morgan fingerprint density at radius 2 is 1.70 bits per heavy atom. The van der Waals surface area contributed by atoms with Crippen LogP contribution >= 0.6 is 0 Å². The third kappa shape index (κ3) is 3.28. The second-order valence-electron chi connectivity index (χ2n) is 7.59. The maximum atomic E-state index is 13.1. The van der Waals surface area contributed by atoms with E-state index < -0.39 is 17.7 Å². The summed E-state index contributed by atoms with van der Waals surface area (Å²) in [5.41, 5.74) is 4.94. The molecular formula is C25H22N2O3. The molecule has 1 saturated heterocycles. The topological polar surface area (TPSA) is 70.5 Å². The number of Topliss-reactive ketones (excluding diaryl/α,β-unsaturated/α-hetero) is 1. The van der Waals surface area contributed by atoms with E-state index in [9.17, 15) is 14.7 Å². The van der Waals surface area contributed by atoms with Gasteiger partial charge < -0.3 is 5.11 Å². The predicted octanol–water partition coefficient (Wildman–Crippen LogP) is 4.63. The summed E-state index contributed by atoms with van der Waals surface area (Å²) in [4.78, 5) is 31.7. The highest BCUT2D eigenvalue weighted by molar-refractivity contribution is 6.51. The van der Waals surface area contributed by atoms with Crippen LogP contribution in [0.2, 0.25) is 0 Å². The van der Waals surface area contributed by atoms with Gasteiger partial charge in [0.25, 0.3) is 11.7 Å². The van der Waals surface area contributed by atoms with Crippen LogP contribution in [0.3, 0.4) is 0 Å². The molecule has 30 heavy (non-hydrogen) atoms. The van der Waals surface area contributed by atoms with E-state index >= 15 is 0 Å². The number of aromatic nitrogens is 1. The van der Waals surface area contributed by atoms with Gasteiger partial charge in [0.2, 0.25) is 0 Å². The summed E-state index contributed by atoms with van der Waals surface area (Å²) in [5, 5.41) is 11.1. The van der Waals surface area contributed by atoms with Crippen LogP contribution in [0, 0.1) is 20.8 Å². The van der Waals surface area contributed by atoms with Crippen LogP contribution in [0.25, 0.3) is 5.76 Å². The van der Waals surface area contributed by atoms with Crippen LogP contribution in [0.5, 0.6) is 0 Å². The lowest BCUT2D eigenvalue weighted by Gasteiger charge is -2.25. The van der Waals surface area contributed by atoms with Gasteiger partial charge in [-0.25, -0.2) is 0 Å². The van der Waals surface area contributed by atoms with Gasteiger partial charge in [-0.05, 0) is 61.7 Å². The number of pyridine rings is 1. The van der Waals surface area contributed by atoms with Crippen LogP contribution in [0.15, 0.2) is 72.6 Å². The lowest BCUT2D eigenvalue weighted by Crippen LogP contribution is -2.29. The molecule has 4 rings (SSSR count). The molecule has 1 amide bonds. The minimum atomic E-state index is -0.761. The van der Waals surface area contributed by atoms with E-state index in [0.29, 0.717) is 16.8 Å². The molecule has 1 N–H and O–H groups in total. The highest BCUT2D eigenvalue weighted by atomic mass is 16.3. The Labute approximate surface area is 175 Å². The zero-order valence-corrected chi connectivity index (χ0v) is 17.1. The summed E-state index contributed by atoms with van der Waals surface area (Å²) in [7, 11) is 0. The van der Waals surface area contributed by atoms with Gasteiger partial charge in [0.1, 0.15) is 5.76 Å². The maximum Gasteiger partial charge on any atom is 0.300 e. The Morgan fingerprint density at radius 3 is 2.33 bits per heavy atom. The summed E-state index contributed by atoms with van der Waals surface area (Å²) in [6.07, 6.45) is 3.25. The molecule has 1 atom stereocenters. The number of anilines is 1. The summed E-state index contributed by atoms with van der Waals surface area (Å²) in [5.74, 6) is -1.56.